The maximum atomic E-state index is 14.1. The number of carbonyl (C=O) groups excluding carboxylic acids is 2. The largest absolute Gasteiger partial charge is 0.390 e. The number of aliphatic hydroxyl groups is 1. The van der Waals surface area contributed by atoms with Crippen molar-refractivity contribution in [1.29, 1.82) is 0 Å². The van der Waals surface area contributed by atoms with Crippen molar-refractivity contribution in [3.8, 4) is 0 Å². The van der Waals surface area contributed by atoms with Crippen LogP contribution in [0.1, 0.15) is 64.1 Å². The molecule has 0 spiro atoms. The molecule has 1 saturated heterocycles. The van der Waals surface area contributed by atoms with E-state index in [0.29, 0.717) is 19.7 Å². The van der Waals surface area contributed by atoms with Gasteiger partial charge in [0.25, 0.3) is 11.8 Å². The smallest absolute Gasteiger partial charge is 0.254 e. The number of hydrogen-bond donors (Lipinski definition) is 3. The molecule has 13 heteroatoms. The predicted octanol–water partition coefficient (Wildman–Crippen LogP) is 3.91. The highest BCUT2D eigenvalue weighted by Crippen LogP contribution is 2.25. The van der Waals surface area contributed by atoms with Crippen LogP contribution in [-0.2, 0) is 34.1 Å². The summed E-state index contributed by atoms with van der Waals surface area (Å²) in [6.07, 6.45) is 0.987. The molecule has 3 atom stereocenters. The van der Waals surface area contributed by atoms with Crippen molar-refractivity contribution in [3.05, 3.63) is 100 Å². The van der Waals surface area contributed by atoms with Gasteiger partial charge < -0.3 is 25.4 Å². The third-order valence-electron chi connectivity index (χ3n) is 8.81. The molecule has 0 saturated carbocycles. The Morgan fingerprint density at radius 3 is 2.39 bits per heavy atom. The maximum absolute atomic E-state index is 14.1. The summed E-state index contributed by atoms with van der Waals surface area (Å²) in [6.45, 7) is 5.08. The Bertz CT molecular complexity index is 1700. The normalized spacial score (nSPS) is 16.2. The summed E-state index contributed by atoms with van der Waals surface area (Å²) < 4.78 is 61.5. The number of likely N-dealkylation sites (tertiary alicyclic amines) is 1. The number of hydrogen-bond acceptors (Lipinski definition) is 7. The molecule has 4 rings (SSSR count). The van der Waals surface area contributed by atoms with E-state index >= 15 is 0 Å². The minimum atomic E-state index is -4.08. The number of carbonyl (C=O) groups is 2. The van der Waals surface area contributed by atoms with E-state index < -0.39 is 45.6 Å². The summed E-state index contributed by atoms with van der Waals surface area (Å²) in [5.74, 6) is -2.82. The van der Waals surface area contributed by atoms with Gasteiger partial charge in [0.2, 0.25) is 10.0 Å². The Morgan fingerprint density at radius 1 is 1.02 bits per heavy atom. The molecule has 0 unspecified atom stereocenters. The zero-order chi connectivity index (χ0) is 35.7. The highest BCUT2D eigenvalue weighted by Gasteiger charge is 2.32. The van der Waals surface area contributed by atoms with Gasteiger partial charge in [-0.05, 0) is 72.7 Å². The van der Waals surface area contributed by atoms with Gasteiger partial charge in [-0.25, -0.2) is 21.5 Å². The number of aryl methyl sites for hydroxylation is 1. The van der Waals surface area contributed by atoms with Crippen LogP contribution < -0.4 is 10.6 Å². The topological polar surface area (TPSA) is 128 Å². The second-order valence-corrected chi connectivity index (χ2v) is 14.4. The zero-order valence-corrected chi connectivity index (χ0v) is 29.2. The Morgan fingerprint density at radius 2 is 1.71 bits per heavy atom. The van der Waals surface area contributed by atoms with Crippen molar-refractivity contribution in [3.63, 3.8) is 0 Å². The fourth-order valence-electron chi connectivity index (χ4n) is 5.97. The Kier molecular flexibility index (Phi) is 13.4. The summed E-state index contributed by atoms with van der Waals surface area (Å²) in [7, 11) is -1.14. The average Bonchev–Trinajstić information content (AvgIpc) is 3.54. The number of aliphatic hydroxyl groups excluding tert-OH is 1. The molecule has 1 aliphatic heterocycles. The van der Waals surface area contributed by atoms with E-state index in [0.717, 1.165) is 52.9 Å². The zero-order valence-electron chi connectivity index (χ0n) is 28.4. The Balaban J connectivity index is 1.65. The highest BCUT2D eigenvalue weighted by atomic mass is 32.2. The van der Waals surface area contributed by atoms with E-state index in [1.54, 1.807) is 18.9 Å². The molecule has 49 heavy (non-hydrogen) atoms. The van der Waals surface area contributed by atoms with Crippen LogP contribution >= 0.6 is 0 Å². The van der Waals surface area contributed by atoms with Gasteiger partial charge in [0.05, 0.1) is 29.7 Å². The lowest BCUT2D eigenvalue weighted by molar-refractivity contribution is 0.0630. The third-order valence-corrected chi connectivity index (χ3v) is 10.7. The van der Waals surface area contributed by atoms with Gasteiger partial charge in [-0.3, -0.25) is 9.59 Å². The lowest BCUT2D eigenvalue weighted by atomic mass is 9.99. The van der Waals surface area contributed by atoms with Gasteiger partial charge >= 0.3 is 0 Å². The van der Waals surface area contributed by atoms with Crippen molar-refractivity contribution < 1.29 is 36.6 Å². The van der Waals surface area contributed by atoms with Crippen LogP contribution in [0.25, 0.3) is 0 Å². The summed E-state index contributed by atoms with van der Waals surface area (Å²) in [5, 5.41) is 17.2. The van der Waals surface area contributed by atoms with Crippen LogP contribution in [0.5, 0.6) is 0 Å². The lowest BCUT2D eigenvalue weighted by Crippen LogP contribution is -2.48. The summed E-state index contributed by atoms with van der Waals surface area (Å²) in [6, 6.07) is 13.5. The first-order chi connectivity index (χ1) is 23.4. The molecule has 2 amide bonds. The monoisotopic (exact) mass is 700 g/mol. The summed E-state index contributed by atoms with van der Waals surface area (Å²) in [5.41, 5.74) is 2.25. The molecule has 1 heterocycles. The molecule has 3 aromatic rings. The number of sulfonamides is 1. The van der Waals surface area contributed by atoms with Crippen molar-refractivity contribution in [2.75, 3.05) is 40.4 Å². The SMILES string of the molecule is CCc1cccc(CNC[C@@H](O)[C@H](Cc2cc(F)cc(F)c2)NC(=O)c2cc(C(=O)N3CCC[C@H]3COC)cc(S(=O)(=O)N(C)CC)c2)c1. The molecule has 266 valence electrons. The molecule has 0 aromatic heterocycles. The number of nitrogens with one attached hydrogen (secondary N) is 2. The van der Waals surface area contributed by atoms with Crippen LogP contribution in [0.15, 0.2) is 65.6 Å². The van der Waals surface area contributed by atoms with E-state index in [1.165, 1.54) is 25.2 Å². The van der Waals surface area contributed by atoms with E-state index in [-0.39, 0.29) is 47.1 Å². The molecule has 3 N–H and O–H groups in total. The lowest BCUT2D eigenvalue weighted by Gasteiger charge is -2.26. The number of amides is 2. The second kappa shape index (κ2) is 17.3. The van der Waals surface area contributed by atoms with Gasteiger partial charge in [-0.15, -0.1) is 0 Å². The fraction of sp³-hybridized carbons (Fsp3) is 0.444. The average molecular weight is 701 g/mol. The molecule has 0 bridgehead atoms. The first-order valence-electron chi connectivity index (χ1n) is 16.5. The molecular weight excluding hydrogens is 654 g/mol. The van der Waals surface area contributed by atoms with E-state index in [4.69, 9.17) is 4.74 Å². The van der Waals surface area contributed by atoms with Gasteiger partial charge in [0, 0.05) is 57.5 Å². The first kappa shape index (κ1) is 38.1. The minimum absolute atomic E-state index is 0.0130. The van der Waals surface area contributed by atoms with Gasteiger partial charge in [-0.2, -0.15) is 0 Å². The van der Waals surface area contributed by atoms with E-state index in [9.17, 15) is 31.9 Å². The van der Waals surface area contributed by atoms with Gasteiger partial charge in [-0.1, -0.05) is 38.1 Å². The molecule has 0 aliphatic carbocycles. The van der Waals surface area contributed by atoms with Gasteiger partial charge in [0.15, 0.2) is 0 Å². The Labute approximate surface area is 287 Å². The molecule has 1 aliphatic rings. The number of methoxy groups -OCH3 is 1. The molecule has 0 radical (unpaired) electrons. The molecule has 1 fully saturated rings. The van der Waals surface area contributed by atoms with Gasteiger partial charge in [0.1, 0.15) is 11.6 Å². The van der Waals surface area contributed by atoms with Crippen LogP contribution in [0.2, 0.25) is 0 Å². The number of nitrogens with zero attached hydrogens (tertiary/aromatic N) is 2. The molecule has 10 nitrogen and oxygen atoms in total. The number of benzene rings is 3. The molecular formula is C36H46F2N4O6S. The van der Waals surface area contributed by atoms with Crippen molar-refractivity contribution in [1.82, 2.24) is 19.8 Å². The van der Waals surface area contributed by atoms with Crippen molar-refractivity contribution in [2.24, 2.45) is 0 Å². The summed E-state index contributed by atoms with van der Waals surface area (Å²) >= 11 is 0. The van der Waals surface area contributed by atoms with E-state index in [2.05, 4.69) is 17.6 Å². The second-order valence-electron chi connectivity index (χ2n) is 12.3. The Hall–Kier alpha value is -3.75. The molecule has 3 aromatic carbocycles. The van der Waals surface area contributed by atoms with Crippen LogP contribution in [0, 0.1) is 11.6 Å². The van der Waals surface area contributed by atoms with E-state index in [1.807, 2.05) is 24.3 Å². The standard InChI is InChI=1S/C36H46F2N4O6S/c1-5-24-9-7-10-25(13-24)21-39-22-34(43)33(16-26-14-29(37)20-30(38)15-26)40-35(44)27-17-28(19-32(18-27)49(46,47)41(3)6-2)36(45)42-12-8-11-31(42)23-48-4/h7,9-10,13-15,17-20,31,33-34,39,43H,5-6,8,11-12,16,21-23H2,1-4H3,(H,40,44)/t31-,33-,34+/m0/s1. The van der Waals surface area contributed by atoms with Crippen molar-refractivity contribution >= 4 is 21.8 Å². The summed E-state index contributed by atoms with van der Waals surface area (Å²) in [4.78, 5) is 29.0. The predicted molar refractivity (Wildman–Crippen MR) is 183 cm³/mol. The van der Waals surface area contributed by atoms with Crippen molar-refractivity contribution in [2.45, 2.75) is 69.2 Å². The van der Waals surface area contributed by atoms with Crippen LogP contribution in [0.4, 0.5) is 8.78 Å². The number of rotatable bonds is 16. The fourth-order valence-corrected chi connectivity index (χ4v) is 7.22. The number of ether oxygens (including phenoxy) is 1. The third kappa shape index (κ3) is 9.92. The van der Waals surface area contributed by atoms with Crippen LogP contribution in [-0.4, -0.2) is 93.1 Å². The van der Waals surface area contributed by atoms with Crippen LogP contribution in [0.3, 0.4) is 0 Å². The maximum Gasteiger partial charge on any atom is 0.254 e. The number of halogens is 2. The minimum Gasteiger partial charge on any atom is -0.390 e. The quantitative estimate of drug-likeness (QED) is 0.207. The highest BCUT2D eigenvalue weighted by molar-refractivity contribution is 7.89. The first-order valence-corrected chi connectivity index (χ1v) is 17.9.